The number of thiophene rings is 1. The van der Waals surface area contributed by atoms with E-state index < -0.39 is 0 Å². The number of carbonyl (C=O) groups is 2. The van der Waals surface area contributed by atoms with Crippen molar-refractivity contribution in [3.05, 3.63) is 56.0 Å². The highest BCUT2D eigenvalue weighted by Gasteiger charge is 2.18. The molecule has 0 atom stereocenters. The Bertz CT molecular complexity index is 1120. The summed E-state index contributed by atoms with van der Waals surface area (Å²) < 4.78 is 1.95. The number of aromatic amines is 1. The molecule has 9 heteroatoms. The fourth-order valence-electron chi connectivity index (χ4n) is 3.62. The summed E-state index contributed by atoms with van der Waals surface area (Å²) in [6.45, 7) is 1.93. The first-order chi connectivity index (χ1) is 14.5. The van der Waals surface area contributed by atoms with Crippen molar-refractivity contribution in [3.63, 3.8) is 0 Å². The van der Waals surface area contributed by atoms with Gasteiger partial charge in [0, 0.05) is 10.4 Å². The van der Waals surface area contributed by atoms with Crippen molar-refractivity contribution in [2.75, 3.05) is 0 Å². The third-order valence-electron chi connectivity index (χ3n) is 5.12. The van der Waals surface area contributed by atoms with Gasteiger partial charge >= 0.3 is 0 Å². The first kappa shape index (κ1) is 20.5. The molecule has 1 aliphatic rings. The van der Waals surface area contributed by atoms with E-state index in [0.29, 0.717) is 15.5 Å². The van der Waals surface area contributed by atoms with Crippen LogP contribution in [0.25, 0.3) is 11.4 Å². The second-order valence-electron chi connectivity index (χ2n) is 7.43. The number of nitrogens with one attached hydrogen (secondary N) is 3. The number of rotatable bonds is 4. The Kier molecular flexibility index (Phi) is 6.10. The molecule has 0 aliphatic heterocycles. The number of hydrogen-bond donors (Lipinski definition) is 3. The van der Waals surface area contributed by atoms with Gasteiger partial charge in [-0.15, -0.1) is 11.3 Å². The summed E-state index contributed by atoms with van der Waals surface area (Å²) in [5, 5.41) is 6.98. The van der Waals surface area contributed by atoms with Crippen molar-refractivity contribution >= 4 is 35.4 Å². The zero-order valence-corrected chi connectivity index (χ0v) is 18.3. The largest absolute Gasteiger partial charge is 0.291 e. The lowest BCUT2D eigenvalue weighted by Crippen LogP contribution is -2.43. The molecule has 30 heavy (non-hydrogen) atoms. The molecular weight excluding hydrogens is 418 g/mol. The summed E-state index contributed by atoms with van der Waals surface area (Å²) in [6.07, 6.45) is 5.61. The maximum absolute atomic E-state index is 12.5. The highest BCUT2D eigenvalue weighted by Crippen LogP contribution is 2.28. The maximum atomic E-state index is 12.5. The molecule has 0 unspecified atom stereocenters. The number of nitrogens with zero attached hydrogens (tertiary/aromatic N) is 2. The Morgan fingerprint density at radius 3 is 2.87 bits per heavy atom. The van der Waals surface area contributed by atoms with Gasteiger partial charge in [0.1, 0.15) is 6.54 Å². The Labute approximate surface area is 183 Å². The molecule has 3 N–H and O–H groups in total. The number of hydrazine groups is 1. The number of amides is 2. The van der Waals surface area contributed by atoms with Crippen LogP contribution in [0.1, 0.15) is 44.9 Å². The van der Waals surface area contributed by atoms with Gasteiger partial charge in [-0.25, -0.2) is 0 Å². The van der Waals surface area contributed by atoms with Crippen LogP contribution in [0.5, 0.6) is 0 Å². The van der Waals surface area contributed by atoms with Crippen LogP contribution in [0.15, 0.2) is 30.3 Å². The summed E-state index contributed by atoms with van der Waals surface area (Å²) in [6, 6.07) is 9.75. The van der Waals surface area contributed by atoms with Crippen LogP contribution in [-0.4, -0.2) is 26.6 Å². The molecule has 3 aromatic rings. The van der Waals surface area contributed by atoms with Crippen LogP contribution < -0.4 is 10.9 Å². The zero-order chi connectivity index (χ0) is 21.1. The Hall–Kier alpha value is -2.78. The van der Waals surface area contributed by atoms with Crippen molar-refractivity contribution in [2.24, 2.45) is 0 Å². The predicted octanol–water partition coefficient (Wildman–Crippen LogP) is 3.71. The first-order valence-electron chi connectivity index (χ1n) is 9.94. The molecular formula is C21H23N5O2S2. The van der Waals surface area contributed by atoms with Gasteiger partial charge in [-0.05, 0) is 62.5 Å². The molecule has 0 saturated carbocycles. The Balaban J connectivity index is 1.41. The lowest BCUT2D eigenvalue weighted by Gasteiger charge is -2.09. The van der Waals surface area contributed by atoms with Crippen LogP contribution in [0, 0.1) is 11.7 Å². The average molecular weight is 442 g/mol. The van der Waals surface area contributed by atoms with Crippen molar-refractivity contribution in [1.82, 2.24) is 25.6 Å². The van der Waals surface area contributed by atoms with E-state index in [2.05, 4.69) is 21.0 Å². The van der Waals surface area contributed by atoms with Crippen LogP contribution in [0.3, 0.4) is 0 Å². The molecule has 0 radical (unpaired) electrons. The summed E-state index contributed by atoms with van der Waals surface area (Å²) in [5.41, 5.74) is 8.21. The molecule has 156 valence electrons. The quantitative estimate of drug-likeness (QED) is 0.327. The van der Waals surface area contributed by atoms with E-state index in [-0.39, 0.29) is 18.4 Å². The average Bonchev–Trinajstić information content (AvgIpc) is 3.22. The van der Waals surface area contributed by atoms with E-state index >= 15 is 0 Å². The number of hydrogen-bond acceptors (Lipinski definition) is 5. The van der Waals surface area contributed by atoms with Gasteiger partial charge in [0.15, 0.2) is 10.6 Å². The molecule has 0 spiro atoms. The highest BCUT2D eigenvalue weighted by atomic mass is 32.1. The van der Waals surface area contributed by atoms with Gasteiger partial charge in [-0.3, -0.25) is 30.1 Å². The number of benzene rings is 1. The number of H-pyrrole nitrogens is 1. The number of aryl methyl sites for hydroxylation is 3. The van der Waals surface area contributed by atoms with Gasteiger partial charge in [0.25, 0.3) is 11.8 Å². The summed E-state index contributed by atoms with van der Waals surface area (Å²) >= 11 is 6.79. The molecule has 0 saturated heterocycles. The zero-order valence-electron chi connectivity index (χ0n) is 16.7. The van der Waals surface area contributed by atoms with E-state index in [1.165, 1.54) is 34.6 Å². The fraction of sp³-hybridized carbons (Fsp3) is 0.333. The second kappa shape index (κ2) is 8.93. The molecule has 0 fully saturated rings. The minimum Gasteiger partial charge on any atom is -0.291 e. The van der Waals surface area contributed by atoms with Gasteiger partial charge in [-0.2, -0.15) is 5.10 Å². The smallest absolute Gasteiger partial charge is 0.279 e. The van der Waals surface area contributed by atoms with E-state index in [0.717, 1.165) is 30.4 Å². The first-order valence-corrected chi connectivity index (χ1v) is 11.2. The normalized spacial score (nSPS) is 13.4. The van der Waals surface area contributed by atoms with Gasteiger partial charge < -0.3 is 0 Å². The van der Waals surface area contributed by atoms with Crippen LogP contribution >= 0.6 is 23.6 Å². The molecule has 2 amide bonds. The van der Waals surface area contributed by atoms with Gasteiger partial charge in [0.05, 0.1) is 4.88 Å². The lowest BCUT2D eigenvalue weighted by atomic mass is 10.1. The fourth-order valence-corrected chi connectivity index (χ4v) is 4.96. The maximum Gasteiger partial charge on any atom is 0.279 e. The molecule has 2 heterocycles. The molecule has 7 nitrogen and oxygen atoms in total. The third kappa shape index (κ3) is 4.52. The molecule has 2 aromatic heterocycles. The van der Waals surface area contributed by atoms with Crippen molar-refractivity contribution < 1.29 is 9.59 Å². The van der Waals surface area contributed by atoms with Crippen molar-refractivity contribution in [1.29, 1.82) is 0 Å². The predicted molar refractivity (Wildman–Crippen MR) is 119 cm³/mol. The van der Waals surface area contributed by atoms with Crippen LogP contribution in [0.2, 0.25) is 0 Å². The second-order valence-corrected chi connectivity index (χ2v) is 8.95. The highest BCUT2D eigenvalue weighted by molar-refractivity contribution is 7.71. The van der Waals surface area contributed by atoms with Crippen LogP contribution in [-0.2, 0) is 24.2 Å². The topological polar surface area (TPSA) is 91.8 Å². The number of carbonyl (C=O) groups excluding carboxylic acids is 2. The van der Waals surface area contributed by atoms with Crippen molar-refractivity contribution in [3.8, 4) is 11.4 Å². The van der Waals surface area contributed by atoms with Crippen molar-refractivity contribution in [2.45, 2.75) is 45.6 Å². The number of aromatic nitrogens is 3. The van der Waals surface area contributed by atoms with E-state index in [9.17, 15) is 9.59 Å². The van der Waals surface area contributed by atoms with E-state index in [4.69, 9.17) is 12.2 Å². The lowest BCUT2D eigenvalue weighted by molar-refractivity contribution is -0.122. The molecule has 0 bridgehead atoms. The van der Waals surface area contributed by atoms with E-state index in [1.807, 2.05) is 37.3 Å². The summed E-state index contributed by atoms with van der Waals surface area (Å²) in [5.74, 6) is -0.101. The Morgan fingerprint density at radius 2 is 2.03 bits per heavy atom. The third-order valence-corrected chi connectivity index (χ3v) is 6.67. The standard InChI is InChI=1S/C21H23N5O2S2/c1-13-6-5-8-15(10-13)19-23-25-21(29)26(19)12-18(27)22-24-20(28)17-11-14-7-3-2-4-9-16(14)30-17/h5-6,8,10-11H,2-4,7,9,12H2,1H3,(H,22,27)(H,24,28)(H,25,29). The SMILES string of the molecule is Cc1cccc(-c2n[nH]c(=S)n2CC(=O)NNC(=O)c2cc3c(s2)CCCCC3)c1. The van der Waals surface area contributed by atoms with Gasteiger partial charge in [0.2, 0.25) is 0 Å². The molecule has 1 aliphatic carbocycles. The molecule has 1 aromatic carbocycles. The minimum atomic E-state index is -0.382. The summed E-state index contributed by atoms with van der Waals surface area (Å²) in [4.78, 5) is 26.9. The van der Waals surface area contributed by atoms with Crippen LogP contribution in [0.4, 0.5) is 0 Å². The molecule has 4 rings (SSSR count). The monoisotopic (exact) mass is 441 g/mol. The Morgan fingerprint density at radius 1 is 1.20 bits per heavy atom. The van der Waals surface area contributed by atoms with E-state index in [1.54, 1.807) is 4.57 Å². The minimum absolute atomic E-state index is 0.0557. The summed E-state index contributed by atoms with van der Waals surface area (Å²) in [7, 11) is 0. The van der Waals surface area contributed by atoms with Gasteiger partial charge in [-0.1, -0.05) is 30.2 Å². The number of fused-ring (bicyclic) bond motifs is 1.